The van der Waals surface area contributed by atoms with Gasteiger partial charge in [0.25, 0.3) is 11.6 Å². The van der Waals surface area contributed by atoms with Crippen LogP contribution >= 0.6 is 11.6 Å². The van der Waals surface area contributed by atoms with Crippen LogP contribution in [-0.2, 0) is 0 Å². The summed E-state index contributed by atoms with van der Waals surface area (Å²) < 4.78 is 0. The molecule has 1 aromatic heterocycles. The second-order valence-corrected chi connectivity index (χ2v) is 6.51. The maximum atomic E-state index is 12.4. The number of carbonyl (C=O) groups is 1. The molecule has 150 valence electrons. The van der Waals surface area contributed by atoms with Gasteiger partial charge in [-0.15, -0.1) is 0 Å². The van der Waals surface area contributed by atoms with Gasteiger partial charge in [-0.3, -0.25) is 14.9 Å². The van der Waals surface area contributed by atoms with E-state index in [1.54, 1.807) is 18.2 Å². The lowest BCUT2D eigenvalue weighted by Gasteiger charge is -2.17. The van der Waals surface area contributed by atoms with E-state index in [9.17, 15) is 14.9 Å². The van der Waals surface area contributed by atoms with Gasteiger partial charge in [-0.1, -0.05) is 37.1 Å². The predicted molar refractivity (Wildman–Crippen MR) is 109 cm³/mol. The number of unbranched alkanes of at least 4 members (excludes halogenated alkanes) is 1. The summed E-state index contributed by atoms with van der Waals surface area (Å²) in [6.45, 7) is 3.42. The number of nitro groups is 1. The molecule has 1 heterocycles. The number of nitrogens with zero attached hydrogens (tertiary/aromatic N) is 4. The Hall–Kier alpha value is -2.94. The van der Waals surface area contributed by atoms with Crippen LogP contribution in [0, 0.1) is 10.1 Å². The van der Waals surface area contributed by atoms with Crippen molar-refractivity contribution in [3.05, 3.63) is 51.3 Å². The van der Waals surface area contributed by atoms with E-state index in [0.717, 1.165) is 19.4 Å². The van der Waals surface area contributed by atoms with Gasteiger partial charge in [-0.05, 0) is 12.5 Å². The molecule has 0 atom stereocenters. The Morgan fingerprint density at radius 1 is 1.32 bits per heavy atom. The van der Waals surface area contributed by atoms with Crippen LogP contribution in [0.15, 0.2) is 30.5 Å². The number of amides is 1. The predicted octanol–water partition coefficient (Wildman–Crippen LogP) is 3.12. The third-order valence-electron chi connectivity index (χ3n) is 3.96. The minimum absolute atomic E-state index is 0.0209. The molecule has 1 aromatic carbocycles. The fourth-order valence-corrected chi connectivity index (χ4v) is 2.61. The summed E-state index contributed by atoms with van der Waals surface area (Å²) in [5, 5.41) is 16.8. The van der Waals surface area contributed by atoms with E-state index < -0.39 is 10.8 Å². The first kappa shape index (κ1) is 21.4. The van der Waals surface area contributed by atoms with Crippen LogP contribution in [0.4, 0.5) is 17.3 Å². The highest BCUT2D eigenvalue weighted by atomic mass is 35.5. The molecule has 0 aliphatic rings. The first-order valence-corrected chi connectivity index (χ1v) is 9.31. The molecular weight excluding hydrogens is 384 g/mol. The molecule has 0 aliphatic heterocycles. The molecule has 9 nitrogen and oxygen atoms in total. The van der Waals surface area contributed by atoms with Crippen LogP contribution in [-0.4, -0.2) is 47.5 Å². The van der Waals surface area contributed by atoms with Crippen molar-refractivity contribution in [2.75, 3.05) is 36.9 Å². The maximum Gasteiger partial charge on any atom is 0.292 e. The van der Waals surface area contributed by atoms with Crippen molar-refractivity contribution in [3.8, 4) is 0 Å². The van der Waals surface area contributed by atoms with Crippen molar-refractivity contribution in [1.82, 2.24) is 15.3 Å². The lowest BCUT2D eigenvalue weighted by molar-refractivity contribution is -0.384. The highest BCUT2D eigenvalue weighted by Crippen LogP contribution is 2.22. The molecule has 0 saturated carbocycles. The van der Waals surface area contributed by atoms with E-state index in [1.807, 2.05) is 11.9 Å². The fraction of sp³-hybridized carbons (Fsp3) is 0.389. The number of nitro benzene ring substituents is 1. The summed E-state index contributed by atoms with van der Waals surface area (Å²) in [6.07, 6.45) is 3.44. The van der Waals surface area contributed by atoms with Crippen molar-refractivity contribution in [1.29, 1.82) is 0 Å². The van der Waals surface area contributed by atoms with Crippen molar-refractivity contribution >= 4 is 34.8 Å². The second kappa shape index (κ2) is 10.4. The van der Waals surface area contributed by atoms with Crippen molar-refractivity contribution in [2.24, 2.45) is 0 Å². The van der Waals surface area contributed by atoms with E-state index in [2.05, 4.69) is 27.5 Å². The Morgan fingerprint density at radius 2 is 2.07 bits per heavy atom. The summed E-state index contributed by atoms with van der Waals surface area (Å²) in [7, 11) is 1.86. The van der Waals surface area contributed by atoms with Crippen LogP contribution in [0.1, 0.15) is 30.3 Å². The zero-order chi connectivity index (χ0) is 20.5. The van der Waals surface area contributed by atoms with Gasteiger partial charge in [-0.2, -0.15) is 0 Å². The molecule has 2 N–H and O–H groups in total. The molecule has 10 heteroatoms. The molecule has 0 aliphatic carbocycles. The standard InChI is InChI=1S/C18H23ClN6O3/c1-3-4-11-24(2)18-22-12-13(19)16(23-18)17(26)21-10-9-20-14-7-5-6-8-15(14)25(27)28/h5-8,12,20H,3-4,9-11H2,1-2H3,(H,21,26). The molecule has 28 heavy (non-hydrogen) atoms. The minimum atomic E-state index is -0.460. The van der Waals surface area contributed by atoms with Crippen LogP contribution < -0.4 is 15.5 Å². The Bertz CT molecular complexity index is 833. The van der Waals surface area contributed by atoms with E-state index in [0.29, 0.717) is 18.2 Å². The van der Waals surface area contributed by atoms with Crippen LogP contribution in [0.3, 0.4) is 0 Å². The molecule has 0 bridgehead atoms. The summed E-state index contributed by atoms with van der Waals surface area (Å²) in [5.41, 5.74) is 0.467. The Kier molecular flexibility index (Phi) is 7.94. The van der Waals surface area contributed by atoms with Crippen molar-refractivity contribution < 1.29 is 9.72 Å². The lowest BCUT2D eigenvalue weighted by atomic mass is 10.2. The van der Waals surface area contributed by atoms with Crippen molar-refractivity contribution in [3.63, 3.8) is 0 Å². The van der Waals surface area contributed by atoms with Gasteiger partial charge in [0.2, 0.25) is 5.95 Å². The topological polar surface area (TPSA) is 113 Å². The first-order valence-electron chi connectivity index (χ1n) is 8.93. The number of para-hydroxylation sites is 2. The van der Waals surface area contributed by atoms with Gasteiger partial charge in [0, 0.05) is 32.7 Å². The normalized spacial score (nSPS) is 10.4. The number of anilines is 2. The third kappa shape index (κ3) is 5.78. The van der Waals surface area contributed by atoms with E-state index in [4.69, 9.17) is 11.6 Å². The summed E-state index contributed by atoms with van der Waals surface area (Å²) in [5.74, 6) is 0.00272. The van der Waals surface area contributed by atoms with Crippen LogP contribution in [0.25, 0.3) is 0 Å². The Morgan fingerprint density at radius 3 is 2.79 bits per heavy atom. The third-order valence-corrected chi connectivity index (χ3v) is 4.24. The highest BCUT2D eigenvalue weighted by molar-refractivity contribution is 6.33. The van der Waals surface area contributed by atoms with E-state index >= 15 is 0 Å². The zero-order valence-corrected chi connectivity index (χ0v) is 16.6. The van der Waals surface area contributed by atoms with Gasteiger partial charge in [0.05, 0.1) is 16.1 Å². The lowest BCUT2D eigenvalue weighted by Crippen LogP contribution is -2.30. The van der Waals surface area contributed by atoms with Crippen LogP contribution in [0.5, 0.6) is 0 Å². The number of nitrogens with one attached hydrogen (secondary N) is 2. The molecule has 2 rings (SSSR count). The largest absolute Gasteiger partial charge is 0.378 e. The number of benzene rings is 1. The maximum absolute atomic E-state index is 12.4. The molecule has 0 saturated heterocycles. The summed E-state index contributed by atoms with van der Waals surface area (Å²) >= 11 is 6.07. The number of aromatic nitrogens is 2. The molecule has 0 spiro atoms. The average Bonchev–Trinajstić information content (AvgIpc) is 2.69. The molecule has 1 amide bonds. The summed E-state index contributed by atoms with van der Waals surface area (Å²) in [6, 6.07) is 6.32. The highest BCUT2D eigenvalue weighted by Gasteiger charge is 2.16. The number of hydrogen-bond donors (Lipinski definition) is 2. The molecule has 0 unspecified atom stereocenters. The number of hydrogen-bond acceptors (Lipinski definition) is 7. The molecular formula is C18H23ClN6O3. The van der Waals surface area contributed by atoms with Crippen molar-refractivity contribution in [2.45, 2.75) is 19.8 Å². The molecule has 0 radical (unpaired) electrons. The van der Waals surface area contributed by atoms with Crippen LogP contribution in [0.2, 0.25) is 5.02 Å². The quantitative estimate of drug-likeness (QED) is 0.354. The van der Waals surface area contributed by atoms with Gasteiger partial charge in [-0.25, -0.2) is 9.97 Å². The van der Waals surface area contributed by atoms with Gasteiger partial charge in [0.1, 0.15) is 5.69 Å². The minimum Gasteiger partial charge on any atom is -0.378 e. The smallest absolute Gasteiger partial charge is 0.292 e. The van der Waals surface area contributed by atoms with Gasteiger partial charge in [0.15, 0.2) is 5.69 Å². The number of rotatable bonds is 10. The Labute approximate surface area is 168 Å². The average molecular weight is 407 g/mol. The Balaban J connectivity index is 1.93. The first-order chi connectivity index (χ1) is 13.4. The monoisotopic (exact) mass is 406 g/mol. The van der Waals surface area contributed by atoms with Gasteiger partial charge < -0.3 is 15.5 Å². The zero-order valence-electron chi connectivity index (χ0n) is 15.8. The number of carbonyl (C=O) groups excluding carboxylic acids is 1. The van der Waals surface area contributed by atoms with E-state index in [-0.39, 0.29) is 22.9 Å². The fourth-order valence-electron chi connectivity index (χ4n) is 2.44. The van der Waals surface area contributed by atoms with Gasteiger partial charge >= 0.3 is 0 Å². The number of halogens is 1. The SMILES string of the molecule is CCCCN(C)c1ncc(Cl)c(C(=O)NCCNc2ccccc2[N+](=O)[O-])n1. The molecule has 2 aromatic rings. The molecule has 0 fully saturated rings. The second-order valence-electron chi connectivity index (χ2n) is 6.10. The van der Waals surface area contributed by atoms with E-state index in [1.165, 1.54) is 12.3 Å². The summed E-state index contributed by atoms with van der Waals surface area (Å²) in [4.78, 5) is 33.2.